The Labute approximate surface area is 114 Å². The number of hydrogen-bond donors (Lipinski definition) is 1. The number of benzene rings is 2. The van der Waals surface area contributed by atoms with Gasteiger partial charge in [-0.1, -0.05) is 24.3 Å². The molecule has 0 saturated carbocycles. The van der Waals surface area contributed by atoms with Crippen LogP contribution in [0.25, 0.3) is 0 Å². The van der Waals surface area contributed by atoms with Gasteiger partial charge in [-0.3, -0.25) is 0 Å². The van der Waals surface area contributed by atoms with Crippen molar-refractivity contribution in [1.82, 2.24) is 0 Å². The van der Waals surface area contributed by atoms with E-state index in [2.05, 4.69) is 0 Å². The number of fused-ring (bicyclic) bond motifs is 1. The molecular formula is C15H13F2NO2. The molecule has 3 rings (SSSR count). The van der Waals surface area contributed by atoms with Gasteiger partial charge in [-0.15, -0.1) is 0 Å². The Kier molecular flexibility index (Phi) is 3.28. The normalized spacial score (nSPS) is 20.9. The van der Waals surface area contributed by atoms with Crippen LogP contribution in [0.3, 0.4) is 0 Å². The molecular weight excluding hydrogens is 264 g/mol. The summed E-state index contributed by atoms with van der Waals surface area (Å²) in [4.78, 5) is 0. The van der Waals surface area contributed by atoms with E-state index < -0.39 is 23.8 Å². The third kappa shape index (κ3) is 2.20. The number of halogens is 2. The summed E-state index contributed by atoms with van der Waals surface area (Å²) in [6.45, 7) is 0.189. The lowest BCUT2D eigenvalue weighted by Crippen LogP contribution is -2.40. The van der Waals surface area contributed by atoms with Crippen LogP contribution in [0.2, 0.25) is 0 Å². The van der Waals surface area contributed by atoms with Gasteiger partial charge >= 0.3 is 0 Å². The van der Waals surface area contributed by atoms with Crippen LogP contribution in [0.5, 0.6) is 11.5 Å². The van der Waals surface area contributed by atoms with Crippen LogP contribution in [-0.2, 0) is 0 Å². The van der Waals surface area contributed by atoms with Crippen molar-refractivity contribution in [2.45, 2.75) is 12.1 Å². The van der Waals surface area contributed by atoms with Crippen molar-refractivity contribution in [3.8, 4) is 11.5 Å². The highest BCUT2D eigenvalue weighted by Gasteiger charge is 2.30. The first-order chi connectivity index (χ1) is 9.66. The molecule has 2 aromatic carbocycles. The Balaban J connectivity index is 1.85. The van der Waals surface area contributed by atoms with Gasteiger partial charge in [0.15, 0.2) is 17.7 Å². The average Bonchev–Trinajstić information content (AvgIpc) is 2.47. The summed E-state index contributed by atoms with van der Waals surface area (Å²) < 4.78 is 37.7. The van der Waals surface area contributed by atoms with Crippen molar-refractivity contribution < 1.29 is 18.3 Å². The van der Waals surface area contributed by atoms with Crippen LogP contribution >= 0.6 is 0 Å². The molecule has 1 heterocycles. The molecule has 1 aliphatic rings. The number of rotatable bonds is 2. The number of ether oxygens (including phenoxy) is 2. The summed E-state index contributed by atoms with van der Waals surface area (Å²) in [5.41, 5.74) is 6.90. The maximum Gasteiger partial charge on any atom is 0.200 e. The second-order valence-corrected chi connectivity index (χ2v) is 4.58. The van der Waals surface area contributed by atoms with Crippen molar-refractivity contribution >= 4 is 0 Å². The highest BCUT2D eigenvalue weighted by atomic mass is 19.2. The molecule has 5 heteroatoms. The molecule has 2 atom stereocenters. The minimum absolute atomic E-state index is 0.159. The Bertz CT molecular complexity index is 633. The van der Waals surface area contributed by atoms with E-state index >= 15 is 0 Å². The molecule has 0 aliphatic carbocycles. The first-order valence-corrected chi connectivity index (χ1v) is 6.25. The Morgan fingerprint density at radius 1 is 1.10 bits per heavy atom. The second-order valence-electron chi connectivity index (χ2n) is 4.58. The summed E-state index contributed by atoms with van der Waals surface area (Å²) in [7, 11) is 0. The topological polar surface area (TPSA) is 44.5 Å². The van der Waals surface area contributed by atoms with Crippen LogP contribution in [0, 0.1) is 11.6 Å². The summed E-state index contributed by atoms with van der Waals surface area (Å²) in [5, 5.41) is 0. The molecule has 0 saturated heterocycles. The average molecular weight is 277 g/mol. The Hall–Kier alpha value is -2.14. The summed E-state index contributed by atoms with van der Waals surface area (Å²) >= 11 is 0. The zero-order valence-corrected chi connectivity index (χ0v) is 10.6. The van der Waals surface area contributed by atoms with Crippen LogP contribution in [0.4, 0.5) is 8.78 Å². The van der Waals surface area contributed by atoms with Crippen molar-refractivity contribution in [1.29, 1.82) is 0 Å². The van der Waals surface area contributed by atoms with Crippen LogP contribution in [0.15, 0.2) is 42.5 Å². The van der Waals surface area contributed by atoms with E-state index in [1.807, 2.05) is 24.3 Å². The molecule has 0 amide bonds. The lowest BCUT2D eigenvalue weighted by atomic mass is 9.99. The van der Waals surface area contributed by atoms with E-state index in [4.69, 9.17) is 15.2 Å². The second kappa shape index (κ2) is 5.09. The zero-order chi connectivity index (χ0) is 14.1. The Morgan fingerprint density at radius 2 is 1.90 bits per heavy atom. The smallest absolute Gasteiger partial charge is 0.200 e. The Morgan fingerprint density at radius 3 is 2.75 bits per heavy atom. The fourth-order valence-electron chi connectivity index (χ4n) is 2.21. The molecule has 0 bridgehead atoms. The van der Waals surface area contributed by atoms with E-state index in [-0.39, 0.29) is 12.4 Å². The third-order valence-corrected chi connectivity index (χ3v) is 3.28. The van der Waals surface area contributed by atoms with E-state index in [0.29, 0.717) is 5.75 Å². The van der Waals surface area contributed by atoms with Gasteiger partial charge in [0.25, 0.3) is 0 Å². The van der Waals surface area contributed by atoms with E-state index in [1.165, 1.54) is 12.1 Å². The lowest BCUT2D eigenvalue weighted by molar-refractivity contribution is 0.0835. The minimum Gasteiger partial charge on any atom is -0.489 e. The first-order valence-electron chi connectivity index (χ1n) is 6.25. The van der Waals surface area contributed by atoms with E-state index in [0.717, 1.165) is 11.6 Å². The number of nitrogens with two attached hydrogens (primary N) is 1. The summed E-state index contributed by atoms with van der Waals surface area (Å²) in [6.07, 6.45) is -0.568. The van der Waals surface area contributed by atoms with Crippen molar-refractivity contribution in [3.05, 3.63) is 59.7 Å². The van der Waals surface area contributed by atoms with Gasteiger partial charge in [-0.05, 0) is 18.2 Å². The largest absolute Gasteiger partial charge is 0.489 e. The van der Waals surface area contributed by atoms with E-state index in [1.54, 1.807) is 0 Å². The van der Waals surface area contributed by atoms with Gasteiger partial charge in [-0.25, -0.2) is 4.39 Å². The first kappa shape index (κ1) is 12.9. The predicted octanol–water partition coefficient (Wildman–Crippen LogP) is 2.80. The van der Waals surface area contributed by atoms with Crippen molar-refractivity contribution in [3.63, 3.8) is 0 Å². The zero-order valence-electron chi connectivity index (χ0n) is 10.6. The lowest BCUT2D eigenvalue weighted by Gasteiger charge is -2.31. The highest BCUT2D eigenvalue weighted by Crippen LogP contribution is 2.33. The maximum absolute atomic E-state index is 13.6. The molecule has 2 N–H and O–H groups in total. The van der Waals surface area contributed by atoms with Crippen LogP contribution < -0.4 is 15.2 Å². The molecule has 20 heavy (non-hydrogen) atoms. The fraction of sp³-hybridized carbons (Fsp3) is 0.200. The van der Waals surface area contributed by atoms with Gasteiger partial charge < -0.3 is 15.2 Å². The maximum atomic E-state index is 13.6. The molecule has 3 nitrogen and oxygen atoms in total. The predicted molar refractivity (Wildman–Crippen MR) is 69.6 cm³/mol. The van der Waals surface area contributed by atoms with Gasteiger partial charge in [0.2, 0.25) is 5.82 Å². The van der Waals surface area contributed by atoms with Crippen molar-refractivity contribution in [2.24, 2.45) is 5.73 Å². The SMILES string of the molecule is NC1c2ccccc2OCC1Oc1cccc(F)c1F. The van der Waals surface area contributed by atoms with Gasteiger partial charge in [0.05, 0.1) is 6.04 Å². The number of hydrogen-bond acceptors (Lipinski definition) is 3. The van der Waals surface area contributed by atoms with Gasteiger partial charge in [0.1, 0.15) is 12.4 Å². The van der Waals surface area contributed by atoms with Crippen LogP contribution in [0.1, 0.15) is 11.6 Å². The highest BCUT2D eigenvalue weighted by molar-refractivity contribution is 5.38. The molecule has 0 spiro atoms. The summed E-state index contributed by atoms with van der Waals surface area (Å²) in [5.74, 6) is -1.43. The molecule has 0 aromatic heterocycles. The minimum atomic E-state index is -1.02. The quantitative estimate of drug-likeness (QED) is 0.918. The molecule has 2 unspecified atom stereocenters. The molecule has 0 radical (unpaired) electrons. The summed E-state index contributed by atoms with van der Waals surface area (Å²) in [6, 6.07) is 10.7. The molecule has 2 aromatic rings. The van der Waals surface area contributed by atoms with Gasteiger partial charge in [-0.2, -0.15) is 4.39 Å². The molecule has 104 valence electrons. The molecule has 0 fully saturated rings. The van der Waals surface area contributed by atoms with Gasteiger partial charge in [0, 0.05) is 5.56 Å². The van der Waals surface area contributed by atoms with Crippen LogP contribution in [-0.4, -0.2) is 12.7 Å². The molecule has 1 aliphatic heterocycles. The third-order valence-electron chi connectivity index (χ3n) is 3.28. The monoisotopic (exact) mass is 277 g/mol. The van der Waals surface area contributed by atoms with Crippen molar-refractivity contribution in [2.75, 3.05) is 6.61 Å². The standard InChI is InChI=1S/C15H13F2NO2/c16-10-5-3-7-12(14(10)17)20-13-8-19-11-6-2-1-4-9(11)15(13)18/h1-7,13,15H,8,18H2. The number of para-hydroxylation sites is 1. The fourth-order valence-corrected chi connectivity index (χ4v) is 2.21. The van der Waals surface area contributed by atoms with E-state index in [9.17, 15) is 8.78 Å².